The van der Waals surface area contributed by atoms with Gasteiger partial charge in [0.2, 0.25) is 0 Å². The summed E-state index contributed by atoms with van der Waals surface area (Å²) in [6.07, 6.45) is 0.619. The zero-order valence-electron chi connectivity index (χ0n) is 9.65. The van der Waals surface area contributed by atoms with Gasteiger partial charge in [0.05, 0.1) is 26.2 Å². The first-order valence-corrected chi connectivity index (χ1v) is 6.23. The minimum atomic E-state index is 0.619. The Morgan fingerprint density at radius 3 is 2.81 bits per heavy atom. The van der Waals surface area contributed by atoms with E-state index in [1.165, 1.54) is 36.2 Å². The number of rotatable bonds is 2. The lowest BCUT2D eigenvalue weighted by molar-refractivity contribution is -0.954. The molecule has 1 aromatic rings. The first-order chi connectivity index (χ1) is 7.89. The van der Waals surface area contributed by atoms with Crippen LogP contribution in [0.15, 0.2) is 30.3 Å². The maximum atomic E-state index is 3.63. The second kappa shape index (κ2) is 4.17. The van der Waals surface area contributed by atoms with E-state index in [0.29, 0.717) is 6.17 Å². The monoisotopic (exact) mass is 218 g/mol. The Bertz CT molecular complexity index is 351. The van der Waals surface area contributed by atoms with Crippen molar-refractivity contribution in [3.8, 4) is 0 Å². The number of quaternary nitrogens is 1. The van der Waals surface area contributed by atoms with Gasteiger partial charge in [-0.05, 0) is 0 Å². The maximum Gasteiger partial charge on any atom is 0.156 e. The van der Waals surface area contributed by atoms with Crippen molar-refractivity contribution in [2.75, 3.05) is 32.7 Å². The van der Waals surface area contributed by atoms with E-state index in [1.807, 2.05) is 0 Å². The van der Waals surface area contributed by atoms with Gasteiger partial charge in [0, 0.05) is 12.1 Å². The molecule has 0 bridgehead atoms. The van der Waals surface area contributed by atoms with E-state index in [1.54, 1.807) is 0 Å². The highest BCUT2D eigenvalue weighted by molar-refractivity contribution is 5.13. The van der Waals surface area contributed by atoms with Crippen LogP contribution in [0.3, 0.4) is 0 Å². The number of nitrogens with zero attached hydrogens (tertiary/aromatic N) is 1. The molecule has 2 saturated heterocycles. The Kier molecular flexibility index (Phi) is 2.67. The Balaban J connectivity index is 1.81. The lowest BCUT2D eigenvalue weighted by Gasteiger charge is -2.42. The summed E-state index contributed by atoms with van der Waals surface area (Å²) in [4.78, 5) is 0. The fourth-order valence-electron chi connectivity index (χ4n) is 3.09. The van der Waals surface area contributed by atoms with Gasteiger partial charge >= 0.3 is 0 Å². The van der Waals surface area contributed by atoms with Crippen LogP contribution < -0.4 is 10.6 Å². The molecule has 2 unspecified atom stereocenters. The van der Waals surface area contributed by atoms with Crippen LogP contribution in [-0.2, 0) is 6.54 Å². The highest BCUT2D eigenvalue weighted by Crippen LogP contribution is 2.23. The Morgan fingerprint density at radius 2 is 1.94 bits per heavy atom. The average Bonchev–Trinajstić information content (AvgIpc) is 2.73. The Morgan fingerprint density at radius 1 is 1.12 bits per heavy atom. The van der Waals surface area contributed by atoms with Gasteiger partial charge in [-0.2, -0.15) is 0 Å². The summed E-state index contributed by atoms with van der Waals surface area (Å²) in [6.45, 7) is 7.16. The normalized spacial score (nSPS) is 33.6. The molecule has 0 amide bonds. The van der Waals surface area contributed by atoms with Crippen molar-refractivity contribution < 1.29 is 4.48 Å². The second-order valence-corrected chi connectivity index (χ2v) is 4.98. The third-order valence-corrected chi connectivity index (χ3v) is 4.01. The van der Waals surface area contributed by atoms with Crippen LogP contribution in [0.4, 0.5) is 0 Å². The van der Waals surface area contributed by atoms with Gasteiger partial charge in [-0.15, -0.1) is 0 Å². The highest BCUT2D eigenvalue weighted by Gasteiger charge is 2.43. The molecular weight excluding hydrogens is 198 g/mol. The van der Waals surface area contributed by atoms with Crippen molar-refractivity contribution >= 4 is 0 Å². The largest absolute Gasteiger partial charge is 0.305 e. The van der Waals surface area contributed by atoms with Gasteiger partial charge in [0.1, 0.15) is 6.54 Å². The summed E-state index contributed by atoms with van der Waals surface area (Å²) in [5.74, 6) is 0. The number of fused-ring (bicyclic) bond motifs is 1. The minimum Gasteiger partial charge on any atom is -0.305 e. The van der Waals surface area contributed by atoms with Crippen molar-refractivity contribution in [2.24, 2.45) is 0 Å². The van der Waals surface area contributed by atoms with E-state index in [4.69, 9.17) is 0 Å². The van der Waals surface area contributed by atoms with Crippen molar-refractivity contribution in [3.63, 3.8) is 0 Å². The fourth-order valence-corrected chi connectivity index (χ4v) is 3.09. The summed E-state index contributed by atoms with van der Waals surface area (Å²) < 4.78 is 1.23. The van der Waals surface area contributed by atoms with Crippen LogP contribution in [0.2, 0.25) is 0 Å². The van der Waals surface area contributed by atoms with Gasteiger partial charge in [0.15, 0.2) is 6.17 Å². The van der Waals surface area contributed by atoms with Crippen LogP contribution in [0.25, 0.3) is 0 Å². The molecule has 16 heavy (non-hydrogen) atoms. The quantitative estimate of drug-likeness (QED) is 0.708. The molecule has 3 rings (SSSR count). The molecule has 1 aromatic carbocycles. The number of benzene rings is 1. The van der Waals surface area contributed by atoms with Crippen molar-refractivity contribution in [3.05, 3.63) is 35.9 Å². The second-order valence-electron chi connectivity index (χ2n) is 4.98. The number of piperazine rings is 1. The number of hydrogen-bond donors (Lipinski definition) is 2. The van der Waals surface area contributed by atoms with E-state index in [-0.39, 0.29) is 0 Å². The number of hydrogen-bond acceptors (Lipinski definition) is 2. The van der Waals surface area contributed by atoms with E-state index >= 15 is 0 Å². The Labute approximate surface area is 97.0 Å². The highest BCUT2D eigenvalue weighted by atomic mass is 15.5. The first kappa shape index (κ1) is 10.3. The number of nitrogens with one attached hydrogen (secondary N) is 2. The molecule has 86 valence electrons. The molecule has 0 aliphatic carbocycles. The first-order valence-electron chi connectivity index (χ1n) is 6.23. The molecular formula is C13H20N3+. The van der Waals surface area contributed by atoms with E-state index in [9.17, 15) is 0 Å². The van der Waals surface area contributed by atoms with E-state index in [2.05, 4.69) is 41.0 Å². The summed E-state index contributed by atoms with van der Waals surface area (Å²) in [7, 11) is 0. The lowest BCUT2D eigenvalue weighted by Crippen LogP contribution is -2.63. The van der Waals surface area contributed by atoms with Gasteiger partial charge in [-0.25, -0.2) is 0 Å². The smallest absolute Gasteiger partial charge is 0.156 e. The van der Waals surface area contributed by atoms with Crippen LogP contribution in [0.1, 0.15) is 5.56 Å². The Hall–Kier alpha value is -0.900. The minimum absolute atomic E-state index is 0.619. The van der Waals surface area contributed by atoms with Crippen LogP contribution >= 0.6 is 0 Å². The van der Waals surface area contributed by atoms with Gasteiger partial charge in [-0.3, -0.25) is 5.32 Å². The average molecular weight is 218 g/mol. The van der Waals surface area contributed by atoms with E-state index < -0.39 is 0 Å². The summed E-state index contributed by atoms with van der Waals surface area (Å²) in [6, 6.07) is 10.9. The predicted molar refractivity (Wildman–Crippen MR) is 64.8 cm³/mol. The van der Waals surface area contributed by atoms with Gasteiger partial charge in [0.25, 0.3) is 0 Å². The molecule has 2 aliphatic rings. The van der Waals surface area contributed by atoms with Gasteiger partial charge < -0.3 is 9.80 Å². The third kappa shape index (κ3) is 1.75. The lowest BCUT2D eigenvalue weighted by atomic mass is 10.1. The zero-order chi connectivity index (χ0) is 10.8. The summed E-state index contributed by atoms with van der Waals surface area (Å²) in [5, 5.41) is 7.12. The molecule has 2 fully saturated rings. The van der Waals surface area contributed by atoms with Crippen molar-refractivity contribution in [2.45, 2.75) is 12.7 Å². The van der Waals surface area contributed by atoms with Crippen molar-refractivity contribution in [1.29, 1.82) is 0 Å². The van der Waals surface area contributed by atoms with Crippen molar-refractivity contribution in [1.82, 2.24) is 10.6 Å². The standard InChI is InChI=1S/C13H20N3/c1-2-4-12(5-3-1)11-16-8-6-14-10-13(16)15-7-9-16/h1-5,13-15H,6-11H2/q+1. The molecule has 2 aliphatic heterocycles. The third-order valence-electron chi connectivity index (χ3n) is 4.01. The summed E-state index contributed by atoms with van der Waals surface area (Å²) in [5.41, 5.74) is 1.47. The molecule has 3 heteroatoms. The van der Waals surface area contributed by atoms with Crippen LogP contribution in [0, 0.1) is 0 Å². The SMILES string of the molecule is c1ccc(C[N+]23CCNCC2NCC3)cc1. The summed E-state index contributed by atoms with van der Waals surface area (Å²) >= 11 is 0. The molecule has 2 N–H and O–H groups in total. The van der Waals surface area contributed by atoms with Crippen LogP contribution in [-0.4, -0.2) is 43.4 Å². The fraction of sp³-hybridized carbons (Fsp3) is 0.538. The molecule has 3 nitrogen and oxygen atoms in total. The predicted octanol–water partition coefficient (Wildman–Crippen LogP) is 0.536. The molecule has 0 spiro atoms. The zero-order valence-corrected chi connectivity index (χ0v) is 9.65. The van der Waals surface area contributed by atoms with Gasteiger partial charge in [-0.1, -0.05) is 30.3 Å². The molecule has 0 radical (unpaired) electrons. The van der Waals surface area contributed by atoms with E-state index in [0.717, 1.165) is 13.1 Å². The van der Waals surface area contributed by atoms with Crippen LogP contribution in [0.5, 0.6) is 0 Å². The molecule has 2 heterocycles. The maximum absolute atomic E-state index is 3.63. The molecule has 0 saturated carbocycles. The molecule has 2 atom stereocenters. The topological polar surface area (TPSA) is 24.1 Å². The molecule has 0 aromatic heterocycles.